The maximum Gasteiger partial charge on any atom is 0.316 e. The zero-order chi connectivity index (χ0) is 15.3. The highest BCUT2D eigenvalue weighted by molar-refractivity contribution is 6.87. The quantitative estimate of drug-likeness (QED) is 0.523. The van der Waals surface area contributed by atoms with Gasteiger partial charge in [0, 0.05) is 12.7 Å². The van der Waals surface area contributed by atoms with Crippen molar-refractivity contribution in [2.75, 3.05) is 13.2 Å². The fraction of sp³-hybridized carbons (Fsp3) is 0.917. The SMILES string of the molecule is [CH2]C(O)COCC[Si](C)(O[Si](C)(C)C)O[Si](C)(C)C. The first-order valence-electron chi connectivity index (χ1n) is 6.82. The van der Waals surface area contributed by atoms with Gasteiger partial charge in [0.15, 0.2) is 16.6 Å². The number of ether oxygens (including phenoxy) is 1. The van der Waals surface area contributed by atoms with Gasteiger partial charge in [-0.2, -0.15) is 0 Å². The van der Waals surface area contributed by atoms with Crippen LogP contribution >= 0.6 is 0 Å². The molecule has 0 amide bonds. The molecule has 0 heterocycles. The molecule has 19 heavy (non-hydrogen) atoms. The monoisotopic (exact) mass is 323 g/mol. The summed E-state index contributed by atoms with van der Waals surface area (Å²) in [5.74, 6) is 0. The van der Waals surface area contributed by atoms with Gasteiger partial charge < -0.3 is 18.1 Å². The predicted molar refractivity (Wildman–Crippen MR) is 87.5 cm³/mol. The standard InChI is InChI=1S/C12H31O4Si3/c1-12(13)11-14-9-10-19(8,15-17(2,3)4)16-18(5,6)7/h12-13H,1,9-11H2,2-8H3. The van der Waals surface area contributed by atoms with Crippen molar-refractivity contribution < 1.29 is 18.1 Å². The Morgan fingerprint density at radius 2 is 1.37 bits per heavy atom. The van der Waals surface area contributed by atoms with Crippen molar-refractivity contribution in [3.63, 3.8) is 0 Å². The molecule has 0 rings (SSSR count). The molecule has 7 heteroatoms. The fourth-order valence-corrected chi connectivity index (χ4v) is 14.1. The molecule has 0 spiro atoms. The van der Waals surface area contributed by atoms with Crippen molar-refractivity contribution in [3.8, 4) is 0 Å². The highest BCUT2D eigenvalue weighted by atomic mass is 28.5. The molecule has 0 aromatic carbocycles. The normalized spacial score (nSPS) is 15.6. The second-order valence-electron chi connectivity index (χ2n) is 7.04. The Kier molecular flexibility index (Phi) is 7.68. The summed E-state index contributed by atoms with van der Waals surface area (Å²) in [5.41, 5.74) is 0. The second-order valence-corrected chi connectivity index (χ2v) is 19.9. The van der Waals surface area contributed by atoms with Gasteiger partial charge in [-0.05, 0) is 52.8 Å². The Morgan fingerprint density at radius 3 is 1.68 bits per heavy atom. The van der Waals surface area contributed by atoms with Gasteiger partial charge in [-0.15, -0.1) is 0 Å². The summed E-state index contributed by atoms with van der Waals surface area (Å²) >= 11 is 0. The maximum absolute atomic E-state index is 9.08. The van der Waals surface area contributed by atoms with Crippen LogP contribution in [0.2, 0.25) is 51.9 Å². The molecule has 0 aliphatic rings. The summed E-state index contributed by atoms with van der Waals surface area (Å²) in [4.78, 5) is 0. The van der Waals surface area contributed by atoms with Gasteiger partial charge in [0.1, 0.15) is 0 Å². The molecule has 1 atom stereocenters. The van der Waals surface area contributed by atoms with Gasteiger partial charge in [0.2, 0.25) is 0 Å². The Bertz CT molecular complexity index is 243. The van der Waals surface area contributed by atoms with Crippen molar-refractivity contribution in [1.29, 1.82) is 0 Å². The molecule has 0 saturated heterocycles. The summed E-state index contributed by atoms with van der Waals surface area (Å²) in [5, 5.41) is 9.08. The first-order chi connectivity index (χ1) is 8.33. The minimum absolute atomic E-state index is 0.268. The van der Waals surface area contributed by atoms with E-state index in [1.54, 1.807) is 0 Å². The summed E-state index contributed by atoms with van der Waals surface area (Å²) < 4.78 is 18.1. The Morgan fingerprint density at radius 1 is 0.947 bits per heavy atom. The van der Waals surface area contributed by atoms with E-state index in [0.29, 0.717) is 6.61 Å². The molecule has 0 aromatic heterocycles. The van der Waals surface area contributed by atoms with Crippen molar-refractivity contribution in [1.82, 2.24) is 0 Å². The fourth-order valence-electron chi connectivity index (χ4n) is 1.90. The Labute approximate surface area is 122 Å². The molecular formula is C12H31O4Si3. The molecule has 0 aliphatic carbocycles. The number of aliphatic hydroxyl groups is 1. The van der Waals surface area contributed by atoms with Gasteiger partial charge >= 0.3 is 8.56 Å². The third-order valence-corrected chi connectivity index (χ3v) is 11.5. The van der Waals surface area contributed by atoms with Crippen molar-refractivity contribution in [2.24, 2.45) is 0 Å². The molecule has 1 unspecified atom stereocenters. The number of hydrogen-bond donors (Lipinski definition) is 1. The lowest BCUT2D eigenvalue weighted by Crippen LogP contribution is -2.53. The lowest BCUT2D eigenvalue weighted by atomic mass is 10.4. The average Bonchev–Trinajstić information content (AvgIpc) is 2.05. The third kappa shape index (κ3) is 12.0. The molecule has 0 aliphatic heterocycles. The molecular weight excluding hydrogens is 292 g/mol. The Hall–Kier alpha value is 0.491. The molecule has 115 valence electrons. The minimum Gasteiger partial charge on any atom is -0.437 e. The van der Waals surface area contributed by atoms with E-state index in [4.69, 9.17) is 18.1 Å². The van der Waals surface area contributed by atoms with E-state index in [2.05, 4.69) is 52.8 Å². The van der Waals surface area contributed by atoms with E-state index in [1.807, 2.05) is 0 Å². The van der Waals surface area contributed by atoms with Crippen molar-refractivity contribution in [2.45, 2.75) is 58.0 Å². The van der Waals surface area contributed by atoms with Gasteiger partial charge in [-0.1, -0.05) is 0 Å². The molecule has 1 N–H and O–H groups in total. The van der Waals surface area contributed by atoms with E-state index in [0.717, 1.165) is 6.04 Å². The van der Waals surface area contributed by atoms with Gasteiger partial charge in [-0.25, -0.2) is 0 Å². The van der Waals surface area contributed by atoms with Crippen LogP contribution in [0.3, 0.4) is 0 Å². The molecule has 0 bridgehead atoms. The largest absolute Gasteiger partial charge is 0.437 e. The predicted octanol–water partition coefficient (Wildman–Crippen LogP) is 2.97. The summed E-state index contributed by atoms with van der Waals surface area (Å²) in [6, 6.07) is 0.800. The van der Waals surface area contributed by atoms with Crippen LogP contribution in [0.1, 0.15) is 0 Å². The molecule has 0 saturated carbocycles. The second kappa shape index (κ2) is 7.49. The smallest absolute Gasteiger partial charge is 0.316 e. The van der Waals surface area contributed by atoms with E-state index in [-0.39, 0.29) is 6.61 Å². The number of hydrogen-bond acceptors (Lipinski definition) is 4. The van der Waals surface area contributed by atoms with Crippen molar-refractivity contribution in [3.05, 3.63) is 6.92 Å². The summed E-state index contributed by atoms with van der Waals surface area (Å²) in [6.07, 6.45) is -0.663. The number of rotatable bonds is 9. The van der Waals surface area contributed by atoms with Crippen LogP contribution in [0.25, 0.3) is 0 Å². The van der Waals surface area contributed by atoms with Gasteiger partial charge in [-0.3, -0.25) is 0 Å². The Balaban J connectivity index is 4.50. The zero-order valence-electron chi connectivity index (χ0n) is 13.6. The van der Waals surface area contributed by atoms with Crippen LogP contribution in [-0.2, 0) is 13.0 Å². The van der Waals surface area contributed by atoms with E-state index < -0.39 is 31.3 Å². The lowest BCUT2D eigenvalue weighted by molar-refractivity contribution is 0.0631. The van der Waals surface area contributed by atoms with Gasteiger partial charge in [0.25, 0.3) is 0 Å². The molecule has 0 aromatic rings. The van der Waals surface area contributed by atoms with Crippen LogP contribution in [0.5, 0.6) is 0 Å². The highest BCUT2D eigenvalue weighted by Gasteiger charge is 2.39. The van der Waals surface area contributed by atoms with Crippen molar-refractivity contribution >= 4 is 25.2 Å². The summed E-state index contributed by atoms with van der Waals surface area (Å²) in [7, 11) is -5.46. The minimum atomic E-state index is -2.20. The first-order valence-corrected chi connectivity index (χ1v) is 16.2. The van der Waals surface area contributed by atoms with E-state index in [9.17, 15) is 0 Å². The topological polar surface area (TPSA) is 47.9 Å². The number of aliphatic hydroxyl groups excluding tert-OH is 1. The lowest BCUT2D eigenvalue weighted by Gasteiger charge is -2.38. The molecule has 4 nitrogen and oxygen atoms in total. The van der Waals surface area contributed by atoms with Gasteiger partial charge in [0.05, 0.1) is 12.7 Å². The molecule has 0 fully saturated rings. The average molecular weight is 324 g/mol. The third-order valence-electron chi connectivity index (χ3n) is 2.05. The summed E-state index contributed by atoms with van der Waals surface area (Å²) in [6.45, 7) is 19.6. The van der Waals surface area contributed by atoms with E-state index in [1.165, 1.54) is 0 Å². The van der Waals surface area contributed by atoms with Crippen LogP contribution in [0, 0.1) is 6.92 Å². The first kappa shape index (κ1) is 19.5. The van der Waals surface area contributed by atoms with Crippen LogP contribution in [0.4, 0.5) is 0 Å². The van der Waals surface area contributed by atoms with E-state index >= 15 is 0 Å². The highest BCUT2D eigenvalue weighted by Crippen LogP contribution is 2.24. The maximum atomic E-state index is 9.08. The van der Waals surface area contributed by atoms with Crippen LogP contribution < -0.4 is 0 Å². The van der Waals surface area contributed by atoms with Crippen LogP contribution in [-0.4, -0.2) is 49.6 Å². The molecule has 1 radical (unpaired) electrons. The zero-order valence-corrected chi connectivity index (χ0v) is 16.6. The van der Waals surface area contributed by atoms with Crippen LogP contribution in [0.15, 0.2) is 0 Å².